The molecule has 0 aliphatic rings. The van der Waals surface area contributed by atoms with Crippen LogP contribution in [0.2, 0.25) is 5.04 Å². The van der Waals surface area contributed by atoms with Crippen molar-refractivity contribution in [1.82, 2.24) is 0 Å². The third-order valence-electron chi connectivity index (χ3n) is 4.60. The fourth-order valence-electron chi connectivity index (χ4n) is 3.39. The Labute approximate surface area is 151 Å². The van der Waals surface area contributed by atoms with E-state index in [-0.39, 0.29) is 5.04 Å². The minimum absolute atomic E-state index is 0.0714. The first-order valence-electron chi connectivity index (χ1n) is 8.60. The summed E-state index contributed by atoms with van der Waals surface area (Å²) in [6.07, 6.45) is 0. The van der Waals surface area contributed by atoms with Crippen LogP contribution in [0.3, 0.4) is 0 Å². The van der Waals surface area contributed by atoms with Crippen LogP contribution in [-0.2, 0) is 0 Å². The molecule has 0 saturated heterocycles. The second-order valence-electron chi connectivity index (χ2n) is 7.30. The molecule has 0 bridgehead atoms. The van der Waals surface area contributed by atoms with Crippen molar-refractivity contribution in [2.45, 2.75) is 25.8 Å². The Bertz CT molecular complexity index is 786. The van der Waals surface area contributed by atoms with E-state index < -0.39 is 8.32 Å². The van der Waals surface area contributed by atoms with E-state index in [0.717, 1.165) is 5.75 Å². The second kappa shape index (κ2) is 6.77. The molecule has 3 heteroatoms. The number of benzene rings is 3. The molecule has 3 rings (SSSR count). The Hall–Kier alpha value is -2.52. The predicted molar refractivity (Wildman–Crippen MR) is 109 cm³/mol. The Morgan fingerprint density at radius 2 is 1.12 bits per heavy atom. The molecule has 0 aliphatic heterocycles. The maximum atomic E-state index is 6.88. The van der Waals surface area contributed by atoms with Crippen molar-refractivity contribution in [3.05, 3.63) is 84.9 Å². The van der Waals surface area contributed by atoms with Gasteiger partial charge in [0.25, 0.3) is 0 Å². The van der Waals surface area contributed by atoms with Crippen molar-refractivity contribution in [3.8, 4) is 5.75 Å². The van der Waals surface area contributed by atoms with Crippen molar-refractivity contribution in [1.29, 1.82) is 0 Å². The lowest BCUT2D eigenvalue weighted by Gasteiger charge is -2.43. The molecule has 2 nitrogen and oxygen atoms in total. The summed E-state index contributed by atoms with van der Waals surface area (Å²) >= 11 is 0. The van der Waals surface area contributed by atoms with Crippen LogP contribution in [0.4, 0.5) is 5.69 Å². The Balaban J connectivity index is 2.28. The zero-order chi connectivity index (χ0) is 17.9. The van der Waals surface area contributed by atoms with E-state index in [2.05, 4.69) is 69.3 Å². The van der Waals surface area contributed by atoms with Crippen LogP contribution in [0, 0.1) is 0 Å². The number of hydrogen-bond donors (Lipinski definition) is 1. The molecule has 2 N–H and O–H groups in total. The summed E-state index contributed by atoms with van der Waals surface area (Å²) in [5.74, 6) is 0.761. The van der Waals surface area contributed by atoms with Crippen molar-refractivity contribution in [2.75, 3.05) is 5.73 Å². The van der Waals surface area contributed by atoms with E-state index >= 15 is 0 Å². The van der Waals surface area contributed by atoms with Gasteiger partial charge in [-0.05, 0) is 27.5 Å². The average Bonchev–Trinajstić information content (AvgIpc) is 2.61. The summed E-state index contributed by atoms with van der Waals surface area (Å²) in [5.41, 5.74) is 6.90. The smallest absolute Gasteiger partial charge is 0.320 e. The summed E-state index contributed by atoms with van der Waals surface area (Å²) in [6.45, 7) is 6.79. The molecule has 128 valence electrons. The van der Waals surface area contributed by atoms with Crippen LogP contribution >= 0.6 is 0 Å². The van der Waals surface area contributed by atoms with Crippen molar-refractivity contribution < 1.29 is 4.43 Å². The minimum atomic E-state index is -2.60. The largest absolute Gasteiger partial charge is 0.533 e. The number of rotatable bonds is 4. The van der Waals surface area contributed by atoms with Crippen molar-refractivity contribution >= 4 is 24.4 Å². The number of para-hydroxylation sites is 2. The first-order chi connectivity index (χ1) is 11.9. The highest BCUT2D eigenvalue weighted by Gasteiger charge is 2.52. The van der Waals surface area contributed by atoms with Gasteiger partial charge in [0.1, 0.15) is 5.75 Å². The standard InChI is InChI=1S/C22H25NOSi/c1-22(2,3)25(18-12-6-4-7-13-18,19-14-8-5-9-15-19)24-21-17-11-10-16-20(21)23/h4-17H,23H2,1-3H3. The van der Waals surface area contributed by atoms with Gasteiger partial charge < -0.3 is 10.2 Å². The molecule has 0 atom stereocenters. The Morgan fingerprint density at radius 3 is 1.56 bits per heavy atom. The maximum absolute atomic E-state index is 6.88. The van der Waals surface area contributed by atoms with Crippen LogP contribution < -0.4 is 20.5 Å². The molecule has 0 unspecified atom stereocenters. The lowest BCUT2D eigenvalue weighted by Crippen LogP contribution is -2.68. The van der Waals surface area contributed by atoms with Gasteiger partial charge in [-0.25, -0.2) is 0 Å². The van der Waals surface area contributed by atoms with Crippen LogP contribution in [0.25, 0.3) is 0 Å². The van der Waals surface area contributed by atoms with Crippen LogP contribution in [-0.4, -0.2) is 8.32 Å². The summed E-state index contributed by atoms with van der Waals surface area (Å²) in [6, 6.07) is 29.0. The molecular formula is C22H25NOSi. The summed E-state index contributed by atoms with van der Waals surface area (Å²) in [5, 5.41) is 2.42. The molecule has 3 aromatic carbocycles. The summed E-state index contributed by atoms with van der Waals surface area (Å²) in [7, 11) is -2.60. The van der Waals surface area contributed by atoms with Gasteiger partial charge in [0.15, 0.2) is 0 Å². The van der Waals surface area contributed by atoms with Crippen LogP contribution in [0.5, 0.6) is 5.75 Å². The molecule has 3 aromatic rings. The molecule has 0 fully saturated rings. The lowest BCUT2D eigenvalue weighted by molar-refractivity contribution is 0.510. The van der Waals surface area contributed by atoms with E-state index in [1.165, 1.54) is 10.4 Å². The first-order valence-corrected chi connectivity index (χ1v) is 10.5. The third-order valence-corrected chi connectivity index (χ3v) is 9.53. The maximum Gasteiger partial charge on any atom is 0.320 e. The van der Waals surface area contributed by atoms with E-state index in [4.69, 9.17) is 10.2 Å². The van der Waals surface area contributed by atoms with Crippen LogP contribution in [0.1, 0.15) is 20.8 Å². The summed E-state index contributed by atoms with van der Waals surface area (Å²) in [4.78, 5) is 0. The zero-order valence-corrected chi connectivity index (χ0v) is 16.1. The number of nitrogens with two attached hydrogens (primary N) is 1. The molecular weight excluding hydrogens is 322 g/mol. The molecule has 0 heterocycles. The number of hydrogen-bond acceptors (Lipinski definition) is 2. The second-order valence-corrected chi connectivity index (χ2v) is 11.5. The number of anilines is 1. The molecule has 0 spiro atoms. The van der Waals surface area contributed by atoms with E-state index in [9.17, 15) is 0 Å². The third kappa shape index (κ3) is 3.20. The molecule has 0 saturated carbocycles. The quantitative estimate of drug-likeness (QED) is 0.567. The van der Waals surface area contributed by atoms with Gasteiger partial charge >= 0.3 is 8.32 Å². The SMILES string of the molecule is CC(C)(C)[Si](Oc1ccccc1N)(c1ccccc1)c1ccccc1. The van der Waals surface area contributed by atoms with Gasteiger partial charge in [0.2, 0.25) is 0 Å². The molecule has 0 aromatic heterocycles. The lowest BCUT2D eigenvalue weighted by atomic mass is 10.2. The predicted octanol–water partition coefficient (Wildman–Crippen LogP) is 4.21. The topological polar surface area (TPSA) is 35.2 Å². The van der Waals surface area contributed by atoms with E-state index in [1.54, 1.807) is 0 Å². The molecule has 0 amide bonds. The highest BCUT2D eigenvalue weighted by molar-refractivity contribution is 7.00. The number of nitrogen functional groups attached to an aromatic ring is 1. The van der Waals surface area contributed by atoms with Gasteiger partial charge in [-0.15, -0.1) is 0 Å². The van der Waals surface area contributed by atoms with Gasteiger partial charge in [-0.1, -0.05) is 93.6 Å². The van der Waals surface area contributed by atoms with Gasteiger partial charge in [-0.3, -0.25) is 0 Å². The molecule has 25 heavy (non-hydrogen) atoms. The Morgan fingerprint density at radius 1 is 0.680 bits per heavy atom. The zero-order valence-electron chi connectivity index (χ0n) is 15.1. The van der Waals surface area contributed by atoms with Crippen molar-refractivity contribution in [2.24, 2.45) is 0 Å². The summed E-state index contributed by atoms with van der Waals surface area (Å²) < 4.78 is 6.88. The highest BCUT2D eigenvalue weighted by Crippen LogP contribution is 2.38. The average molecular weight is 348 g/mol. The highest BCUT2D eigenvalue weighted by atomic mass is 28.4. The van der Waals surface area contributed by atoms with Gasteiger partial charge in [-0.2, -0.15) is 0 Å². The van der Waals surface area contributed by atoms with Gasteiger partial charge in [0.05, 0.1) is 5.69 Å². The van der Waals surface area contributed by atoms with E-state index in [0.29, 0.717) is 5.69 Å². The minimum Gasteiger partial charge on any atom is -0.533 e. The molecule has 0 aliphatic carbocycles. The first kappa shape index (κ1) is 17.3. The normalized spacial score (nSPS) is 12.0. The molecule has 0 radical (unpaired) electrons. The van der Waals surface area contributed by atoms with Crippen molar-refractivity contribution in [3.63, 3.8) is 0 Å². The van der Waals surface area contributed by atoms with E-state index in [1.807, 2.05) is 36.4 Å². The van der Waals surface area contributed by atoms with Gasteiger partial charge in [0, 0.05) is 0 Å². The fraction of sp³-hybridized carbons (Fsp3) is 0.182. The van der Waals surface area contributed by atoms with Crippen LogP contribution in [0.15, 0.2) is 84.9 Å². The fourth-order valence-corrected chi connectivity index (χ4v) is 7.83. The Kier molecular flexibility index (Phi) is 4.68. The monoisotopic (exact) mass is 347 g/mol.